The lowest BCUT2D eigenvalue weighted by molar-refractivity contribution is 0.0342. The molecule has 1 aromatic rings. The van der Waals surface area contributed by atoms with Crippen molar-refractivity contribution in [3.8, 4) is 0 Å². The van der Waals surface area contributed by atoms with E-state index in [-0.39, 0.29) is 0 Å². The number of piperidine rings is 1. The van der Waals surface area contributed by atoms with Crippen molar-refractivity contribution in [3.05, 3.63) is 35.4 Å². The molecular weight excluding hydrogens is 248 g/mol. The monoisotopic (exact) mass is 274 g/mol. The maximum atomic E-state index is 5.39. The lowest BCUT2D eigenvalue weighted by atomic mass is 9.92. The van der Waals surface area contributed by atoms with E-state index in [1.807, 2.05) is 0 Å². The van der Waals surface area contributed by atoms with Gasteiger partial charge in [-0.3, -0.25) is 4.90 Å². The normalized spacial score (nSPS) is 24.7. The van der Waals surface area contributed by atoms with Gasteiger partial charge >= 0.3 is 0 Å². The van der Waals surface area contributed by atoms with Gasteiger partial charge in [-0.15, -0.1) is 0 Å². The third-order valence-electron chi connectivity index (χ3n) is 4.46. The second-order valence-corrected chi connectivity index (χ2v) is 6.12. The van der Waals surface area contributed by atoms with Gasteiger partial charge in [0.25, 0.3) is 0 Å². The van der Waals surface area contributed by atoms with E-state index in [4.69, 9.17) is 4.74 Å². The molecule has 0 radical (unpaired) electrons. The van der Waals surface area contributed by atoms with Gasteiger partial charge in [0.05, 0.1) is 13.2 Å². The number of rotatable bonds is 4. The number of nitrogens with one attached hydrogen (secondary N) is 1. The van der Waals surface area contributed by atoms with Gasteiger partial charge in [-0.2, -0.15) is 0 Å². The van der Waals surface area contributed by atoms with Crippen molar-refractivity contribution in [2.24, 2.45) is 5.92 Å². The van der Waals surface area contributed by atoms with Crippen molar-refractivity contribution in [2.45, 2.75) is 25.8 Å². The standard InChI is InChI=1S/C17H26N2O/c1-2-17(13-18-7-1)12-15-3-5-16(6-4-15)14-19-8-10-20-11-9-19/h3-6,17-18H,1-2,7-14H2. The van der Waals surface area contributed by atoms with Crippen molar-refractivity contribution in [2.75, 3.05) is 39.4 Å². The summed E-state index contributed by atoms with van der Waals surface area (Å²) in [7, 11) is 0. The minimum absolute atomic E-state index is 0.828. The fourth-order valence-electron chi connectivity index (χ4n) is 3.23. The molecule has 1 aromatic carbocycles. The van der Waals surface area contributed by atoms with Crippen molar-refractivity contribution in [3.63, 3.8) is 0 Å². The summed E-state index contributed by atoms with van der Waals surface area (Å²) in [4.78, 5) is 2.48. The molecule has 110 valence electrons. The molecule has 0 bridgehead atoms. The van der Waals surface area contributed by atoms with E-state index >= 15 is 0 Å². The average Bonchev–Trinajstić information content (AvgIpc) is 2.51. The Kier molecular flexibility index (Phi) is 5.06. The van der Waals surface area contributed by atoms with Gasteiger partial charge in [0.2, 0.25) is 0 Å². The Morgan fingerprint density at radius 3 is 2.55 bits per heavy atom. The minimum atomic E-state index is 0.828. The van der Waals surface area contributed by atoms with Gasteiger partial charge in [0.1, 0.15) is 0 Å². The zero-order valence-corrected chi connectivity index (χ0v) is 12.3. The Morgan fingerprint density at radius 1 is 1.10 bits per heavy atom. The number of ether oxygens (including phenoxy) is 1. The van der Waals surface area contributed by atoms with Crippen LogP contribution >= 0.6 is 0 Å². The third-order valence-corrected chi connectivity index (χ3v) is 4.46. The highest BCUT2D eigenvalue weighted by Gasteiger charge is 2.14. The molecule has 3 heteroatoms. The second kappa shape index (κ2) is 7.21. The topological polar surface area (TPSA) is 24.5 Å². The van der Waals surface area contributed by atoms with Crippen LogP contribution in [-0.4, -0.2) is 44.3 Å². The van der Waals surface area contributed by atoms with Crippen LogP contribution in [0.3, 0.4) is 0 Å². The minimum Gasteiger partial charge on any atom is -0.379 e. The van der Waals surface area contributed by atoms with Crippen molar-refractivity contribution < 1.29 is 4.74 Å². The smallest absolute Gasteiger partial charge is 0.0594 e. The molecule has 0 saturated carbocycles. The van der Waals surface area contributed by atoms with Crippen molar-refractivity contribution >= 4 is 0 Å². The first-order valence-electron chi connectivity index (χ1n) is 7.99. The summed E-state index contributed by atoms with van der Waals surface area (Å²) >= 11 is 0. The lowest BCUT2D eigenvalue weighted by Gasteiger charge is -2.26. The Morgan fingerprint density at radius 2 is 1.85 bits per heavy atom. The molecule has 2 aliphatic heterocycles. The Hall–Kier alpha value is -0.900. The van der Waals surface area contributed by atoms with Gasteiger partial charge < -0.3 is 10.1 Å². The van der Waals surface area contributed by atoms with E-state index in [0.29, 0.717) is 0 Å². The van der Waals surface area contributed by atoms with E-state index in [0.717, 1.165) is 38.8 Å². The fourth-order valence-corrected chi connectivity index (χ4v) is 3.23. The summed E-state index contributed by atoms with van der Waals surface area (Å²) < 4.78 is 5.39. The number of morpholine rings is 1. The molecule has 2 saturated heterocycles. The number of hydrogen-bond acceptors (Lipinski definition) is 3. The van der Waals surface area contributed by atoms with Gasteiger partial charge in [0, 0.05) is 19.6 Å². The fraction of sp³-hybridized carbons (Fsp3) is 0.647. The maximum Gasteiger partial charge on any atom is 0.0594 e. The van der Waals surface area contributed by atoms with Gasteiger partial charge in [0.15, 0.2) is 0 Å². The van der Waals surface area contributed by atoms with Crippen LogP contribution in [0.1, 0.15) is 24.0 Å². The number of hydrogen-bond donors (Lipinski definition) is 1. The van der Waals surface area contributed by atoms with E-state index < -0.39 is 0 Å². The molecule has 2 fully saturated rings. The molecule has 0 aliphatic carbocycles. The van der Waals surface area contributed by atoms with Crippen molar-refractivity contribution in [1.29, 1.82) is 0 Å². The Labute approximate surface area is 122 Å². The summed E-state index contributed by atoms with van der Waals surface area (Å²) in [5.41, 5.74) is 2.92. The highest BCUT2D eigenvalue weighted by Crippen LogP contribution is 2.17. The molecule has 0 amide bonds. The summed E-state index contributed by atoms with van der Waals surface area (Å²) in [5.74, 6) is 0.828. The first-order chi connectivity index (χ1) is 9.90. The predicted molar refractivity (Wildman–Crippen MR) is 81.8 cm³/mol. The van der Waals surface area contributed by atoms with Gasteiger partial charge in [-0.05, 0) is 49.4 Å². The lowest BCUT2D eigenvalue weighted by Crippen LogP contribution is -2.35. The molecule has 1 unspecified atom stereocenters. The maximum absolute atomic E-state index is 5.39. The molecule has 3 rings (SSSR count). The predicted octanol–water partition coefficient (Wildman–Crippen LogP) is 2.06. The van der Waals surface area contributed by atoms with Crippen LogP contribution in [-0.2, 0) is 17.7 Å². The van der Waals surface area contributed by atoms with E-state index in [2.05, 4.69) is 34.5 Å². The summed E-state index contributed by atoms with van der Waals surface area (Å²) in [6, 6.07) is 9.26. The molecular formula is C17H26N2O. The van der Waals surface area contributed by atoms with Crippen LogP contribution in [0.2, 0.25) is 0 Å². The van der Waals surface area contributed by atoms with E-state index in [1.54, 1.807) is 0 Å². The molecule has 2 heterocycles. The molecule has 0 aromatic heterocycles. The Bertz CT molecular complexity index is 353. The number of nitrogens with zero attached hydrogens (tertiary/aromatic N) is 1. The summed E-state index contributed by atoms with van der Waals surface area (Å²) in [6.45, 7) is 7.35. The molecule has 2 aliphatic rings. The van der Waals surface area contributed by atoms with Crippen LogP contribution in [0.15, 0.2) is 24.3 Å². The van der Waals surface area contributed by atoms with Crippen LogP contribution in [0.25, 0.3) is 0 Å². The first-order valence-corrected chi connectivity index (χ1v) is 7.99. The third kappa shape index (κ3) is 4.05. The summed E-state index contributed by atoms with van der Waals surface area (Å²) in [6.07, 6.45) is 3.94. The second-order valence-electron chi connectivity index (χ2n) is 6.12. The van der Waals surface area contributed by atoms with Crippen LogP contribution < -0.4 is 5.32 Å². The molecule has 1 atom stereocenters. The molecule has 1 N–H and O–H groups in total. The Balaban J connectivity index is 1.51. The van der Waals surface area contributed by atoms with E-state index in [1.165, 1.54) is 43.5 Å². The molecule has 3 nitrogen and oxygen atoms in total. The first kappa shape index (κ1) is 14.1. The largest absolute Gasteiger partial charge is 0.379 e. The molecule has 0 spiro atoms. The van der Waals surface area contributed by atoms with Gasteiger partial charge in [-0.1, -0.05) is 24.3 Å². The van der Waals surface area contributed by atoms with Crippen LogP contribution in [0, 0.1) is 5.92 Å². The summed E-state index contributed by atoms with van der Waals surface area (Å²) in [5, 5.41) is 3.50. The zero-order chi connectivity index (χ0) is 13.6. The zero-order valence-electron chi connectivity index (χ0n) is 12.3. The van der Waals surface area contributed by atoms with Crippen LogP contribution in [0.4, 0.5) is 0 Å². The van der Waals surface area contributed by atoms with E-state index in [9.17, 15) is 0 Å². The number of benzene rings is 1. The van der Waals surface area contributed by atoms with Crippen molar-refractivity contribution in [1.82, 2.24) is 10.2 Å². The van der Waals surface area contributed by atoms with Gasteiger partial charge in [-0.25, -0.2) is 0 Å². The highest BCUT2D eigenvalue weighted by molar-refractivity contribution is 5.23. The average molecular weight is 274 g/mol. The molecule has 20 heavy (non-hydrogen) atoms. The quantitative estimate of drug-likeness (QED) is 0.909. The SMILES string of the molecule is c1cc(CN2CCOCC2)ccc1CC1CCCNC1. The highest BCUT2D eigenvalue weighted by atomic mass is 16.5. The van der Waals surface area contributed by atoms with Crippen LogP contribution in [0.5, 0.6) is 0 Å².